The van der Waals surface area contributed by atoms with E-state index in [1.807, 2.05) is 45.9 Å². The van der Waals surface area contributed by atoms with Crippen molar-refractivity contribution < 1.29 is 23.4 Å². The predicted molar refractivity (Wildman–Crippen MR) is 122 cm³/mol. The first-order chi connectivity index (χ1) is 14.8. The zero-order valence-electron chi connectivity index (χ0n) is 19.4. The van der Waals surface area contributed by atoms with E-state index in [1.165, 1.54) is 0 Å². The minimum Gasteiger partial charge on any atom is -0.494 e. The fraction of sp³-hybridized carbons (Fsp3) is 0.500. The van der Waals surface area contributed by atoms with Gasteiger partial charge in [-0.2, -0.15) is 0 Å². The predicted octanol–water partition coefficient (Wildman–Crippen LogP) is 5.00. The molecular weight excluding hydrogens is 395 g/mol. The highest BCUT2D eigenvalue weighted by atomic mass is 19.1. The molecular formula is C26H35FO4. The van der Waals surface area contributed by atoms with E-state index in [0.29, 0.717) is 51.3 Å². The third-order valence-electron chi connectivity index (χ3n) is 5.39. The van der Waals surface area contributed by atoms with E-state index >= 15 is 4.39 Å². The second-order valence-electron chi connectivity index (χ2n) is 8.43. The molecule has 0 aromatic heterocycles. The second-order valence-corrected chi connectivity index (χ2v) is 8.43. The molecule has 0 saturated heterocycles. The highest BCUT2D eigenvalue weighted by Crippen LogP contribution is 2.31. The summed E-state index contributed by atoms with van der Waals surface area (Å²) in [5.41, 5.74) is 4.16. The number of ether oxygens (including phenoxy) is 3. The van der Waals surface area contributed by atoms with Crippen molar-refractivity contribution in [1.29, 1.82) is 0 Å². The second kappa shape index (κ2) is 12.0. The zero-order valence-corrected chi connectivity index (χ0v) is 19.4. The Morgan fingerprint density at radius 3 is 2.48 bits per heavy atom. The van der Waals surface area contributed by atoms with Crippen LogP contribution in [-0.2, 0) is 38.9 Å². The molecule has 2 rings (SSSR count). The van der Waals surface area contributed by atoms with E-state index in [9.17, 15) is 4.79 Å². The van der Waals surface area contributed by atoms with Crippen molar-refractivity contribution in [2.75, 3.05) is 33.5 Å². The number of methoxy groups -OCH3 is 1. The molecule has 2 aromatic carbocycles. The van der Waals surface area contributed by atoms with E-state index in [-0.39, 0.29) is 5.82 Å². The molecule has 0 heterocycles. The summed E-state index contributed by atoms with van der Waals surface area (Å²) >= 11 is 0. The van der Waals surface area contributed by atoms with Crippen LogP contribution in [0.5, 0.6) is 5.75 Å². The van der Waals surface area contributed by atoms with Crippen molar-refractivity contribution in [2.45, 2.75) is 52.4 Å². The van der Waals surface area contributed by atoms with Gasteiger partial charge in [0.2, 0.25) is 0 Å². The standard InChI is InChI=1S/C26H35FO4/c1-6-31-23-10-9-21(11-12-28)22(17-23)8-7-20-15-19(2)25(24(27)16-20)26(3,4)18-30-14-13-29-5/h9-10,12,15-17H,6-8,11,13-14,18H2,1-5H3. The SMILES string of the molecule is CCOc1ccc(CC=O)c(CCc2cc(C)c(C(C)(C)COCCOC)c(F)c2)c1. The first-order valence-electron chi connectivity index (χ1n) is 10.9. The molecule has 0 aliphatic heterocycles. The molecule has 0 bridgehead atoms. The molecule has 0 N–H and O–H groups in total. The lowest BCUT2D eigenvalue weighted by Gasteiger charge is -2.28. The molecule has 170 valence electrons. The Morgan fingerprint density at radius 2 is 1.84 bits per heavy atom. The highest BCUT2D eigenvalue weighted by Gasteiger charge is 2.27. The van der Waals surface area contributed by atoms with E-state index < -0.39 is 5.41 Å². The summed E-state index contributed by atoms with van der Waals surface area (Å²) in [7, 11) is 1.63. The number of rotatable bonds is 13. The Kier molecular flexibility index (Phi) is 9.66. The third kappa shape index (κ3) is 7.15. The maximum absolute atomic E-state index is 15.1. The van der Waals surface area contributed by atoms with E-state index in [2.05, 4.69) is 6.07 Å². The molecule has 4 nitrogen and oxygen atoms in total. The normalized spacial score (nSPS) is 11.5. The summed E-state index contributed by atoms with van der Waals surface area (Å²) in [5, 5.41) is 0. The lowest BCUT2D eigenvalue weighted by Crippen LogP contribution is -2.28. The summed E-state index contributed by atoms with van der Waals surface area (Å²) in [4.78, 5) is 11.0. The fourth-order valence-corrected chi connectivity index (χ4v) is 4.02. The number of carbonyl (C=O) groups excluding carboxylic acids is 1. The van der Waals surface area contributed by atoms with Gasteiger partial charge in [-0.05, 0) is 72.7 Å². The molecule has 31 heavy (non-hydrogen) atoms. The fourth-order valence-electron chi connectivity index (χ4n) is 4.02. The van der Waals surface area contributed by atoms with Crippen LogP contribution in [0.3, 0.4) is 0 Å². The lowest BCUT2D eigenvalue weighted by molar-refractivity contribution is -0.107. The third-order valence-corrected chi connectivity index (χ3v) is 5.39. The Balaban J connectivity index is 2.17. The summed E-state index contributed by atoms with van der Waals surface area (Å²) in [6, 6.07) is 9.50. The molecule has 0 aliphatic carbocycles. The van der Waals surface area contributed by atoms with Gasteiger partial charge in [0, 0.05) is 18.9 Å². The Labute approximate surface area is 185 Å². The first-order valence-corrected chi connectivity index (χ1v) is 10.9. The van der Waals surface area contributed by atoms with Crippen LogP contribution >= 0.6 is 0 Å². The van der Waals surface area contributed by atoms with Gasteiger partial charge < -0.3 is 19.0 Å². The van der Waals surface area contributed by atoms with Crippen molar-refractivity contribution in [3.8, 4) is 5.75 Å². The molecule has 0 radical (unpaired) electrons. The lowest BCUT2D eigenvalue weighted by atomic mass is 9.81. The number of carbonyl (C=O) groups is 1. The Bertz CT molecular complexity index is 837. The van der Waals surface area contributed by atoms with Gasteiger partial charge in [-0.15, -0.1) is 0 Å². The molecule has 2 aromatic rings. The van der Waals surface area contributed by atoms with Crippen LogP contribution in [0.1, 0.15) is 48.6 Å². The maximum atomic E-state index is 15.1. The van der Waals surface area contributed by atoms with Gasteiger partial charge in [0.05, 0.1) is 26.4 Å². The molecule has 0 atom stereocenters. The van der Waals surface area contributed by atoms with Crippen molar-refractivity contribution in [1.82, 2.24) is 0 Å². The molecule has 0 fully saturated rings. The van der Waals surface area contributed by atoms with Crippen LogP contribution in [0.25, 0.3) is 0 Å². The van der Waals surface area contributed by atoms with E-state index in [0.717, 1.165) is 34.3 Å². The van der Waals surface area contributed by atoms with Crippen LogP contribution in [-0.4, -0.2) is 39.8 Å². The number of hydrogen-bond donors (Lipinski definition) is 0. The summed E-state index contributed by atoms with van der Waals surface area (Å²) in [6.07, 6.45) is 2.68. The summed E-state index contributed by atoms with van der Waals surface area (Å²) in [6.45, 7) is 9.90. The average Bonchev–Trinajstić information content (AvgIpc) is 2.71. The van der Waals surface area contributed by atoms with Crippen molar-refractivity contribution in [3.63, 3.8) is 0 Å². The largest absolute Gasteiger partial charge is 0.494 e. The van der Waals surface area contributed by atoms with Crippen molar-refractivity contribution >= 4 is 6.29 Å². The number of aldehydes is 1. The van der Waals surface area contributed by atoms with Crippen LogP contribution in [0.2, 0.25) is 0 Å². The molecule has 0 amide bonds. The van der Waals surface area contributed by atoms with Gasteiger partial charge >= 0.3 is 0 Å². The van der Waals surface area contributed by atoms with Crippen LogP contribution < -0.4 is 4.74 Å². The molecule has 0 aliphatic rings. The van der Waals surface area contributed by atoms with E-state index in [4.69, 9.17) is 14.2 Å². The minimum atomic E-state index is -0.441. The Hall–Kier alpha value is -2.24. The Morgan fingerprint density at radius 1 is 1.06 bits per heavy atom. The van der Waals surface area contributed by atoms with Gasteiger partial charge in [-0.3, -0.25) is 0 Å². The van der Waals surface area contributed by atoms with Crippen molar-refractivity contribution in [3.05, 3.63) is 64.0 Å². The van der Waals surface area contributed by atoms with Gasteiger partial charge in [-0.1, -0.05) is 26.0 Å². The number of benzene rings is 2. The number of halogens is 1. The summed E-state index contributed by atoms with van der Waals surface area (Å²) in [5.74, 6) is 0.589. The van der Waals surface area contributed by atoms with Gasteiger partial charge in [0.25, 0.3) is 0 Å². The van der Waals surface area contributed by atoms with Gasteiger partial charge in [0.1, 0.15) is 17.9 Å². The maximum Gasteiger partial charge on any atom is 0.127 e. The average molecular weight is 431 g/mol. The number of hydrogen-bond acceptors (Lipinski definition) is 4. The van der Waals surface area contributed by atoms with E-state index in [1.54, 1.807) is 13.2 Å². The topological polar surface area (TPSA) is 44.8 Å². The van der Waals surface area contributed by atoms with Gasteiger partial charge in [-0.25, -0.2) is 4.39 Å². The minimum absolute atomic E-state index is 0.202. The van der Waals surface area contributed by atoms with Crippen LogP contribution in [0, 0.1) is 12.7 Å². The summed E-state index contributed by atoms with van der Waals surface area (Å²) < 4.78 is 31.4. The highest BCUT2D eigenvalue weighted by molar-refractivity contribution is 5.57. The quantitative estimate of drug-likeness (QED) is 0.331. The zero-order chi connectivity index (χ0) is 22.9. The first kappa shape index (κ1) is 25.0. The monoisotopic (exact) mass is 430 g/mol. The smallest absolute Gasteiger partial charge is 0.127 e. The molecule has 0 unspecified atom stereocenters. The molecule has 0 spiro atoms. The molecule has 5 heteroatoms. The van der Waals surface area contributed by atoms with Gasteiger partial charge in [0.15, 0.2) is 0 Å². The molecule has 0 saturated carbocycles. The van der Waals surface area contributed by atoms with Crippen molar-refractivity contribution in [2.24, 2.45) is 0 Å². The van der Waals surface area contributed by atoms with Crippen LogP contribution in [0.4, 0.5) is 4.39 Å². The number of aryl methyl sites for hydroxylation is 3. The van der Waals surface area contributed by atoms with Crippen LogP contribution in [0.15, 0.2) is 30.3 Å².